The number of hydrogen-bond donors (Lipinski definition) is 1. The van der Waals surface area contributed by atoms with E-state index in [1.165, 1.54) is 24.3 Å². The number of rotatable bonds is 2. The summed E-state index contributed by atoms with van der Waals surface area (Å²) >= 11 is 2.03. The molecule has 0 amide bonds. The third kappa shape index (κ3) is 2.51. The molecule has 0 bridgehead atoms. The number of thioether (sulfide) groups is 1. The Labute approximate surface area is 101 Å². The maximum absolute atomic E-state index is 8.97. The predicted octanol–water partition coefficient (Wildman–Crippen LogP) is 3.17. The first-order valence-corrected chi connectivity index (χ1v) is 6.80. The molecule has 0 spiro atoms. The molecule has 0 aliphatic carbocycles. The molecule has 1 aliphatic rings. The van der Waals surface area contributed by atoms with Gasteiger partial charge in [-0.15, -0.1) is 0 Å². The van der Waals surface area contributed by atoms with Crippen molar-refractivity contribution in [1.29, 1.82) is 5.26 Å². The van der Waals surface area contributed by atoms with Crippen LogP contribution in [0.2, 0.25) is 0 Å². The Morgan fingerprint density at radius 2 is 2.12 bits per heavy atom. The normalized spacial score (nSPS) is 16.8. The van der Waals surface area contributed by atoms with Gasteiger partial charge in [-0.25, -0.2) is 0 Å². The smallest absolute Gasteiger partial charge is 0.0995 e. The molecule has 16 heavy (non-hydrogen) atoms. The summed E-state index contributed by atoms with van der Waals surface area (Å²) in [7, 11) is 0. The lowest BCUT2D eigenvalue weighted by molar-refractivity contribution is 0.666. The summed E-state index contributed by atoms with van der Waals surface area (Å²) in [6, 6.07) is 8.70. The minimum absolute atomic E-state index is 0.578. The Bertz CT molecular complexity index is 403. The van der Waals surface area contributed by atoms with Crippen molar-refractivity contribution in [3.05, 3.63) is 29.3 Å². The molecule has 1 N–H and O–H groups in total. The number of benzene rings is 1. The SMILES string of the molecule is Cc1c(C#N)cccc1NC1CCSCC1. The van der Waals surface area contributed by atoms with Crippen LogP contribution in [0.25, 0.3) is 0 Å². The number of nitrogens with zero attached hydrogens (tertiary/aromatic N) is 1. The first-order chi connectivity index (χ1) is 7.81. The van der Waals surface area contributed by atoms with E-state index >= 15 is 0 Å². The topological polar surface area (TPSA) is 35.8 Å². The fourth-order valence-corrected chi connectivity index (χ4v) is 3.08. The second-order valence-corrected chi connectivity index (χ2v) is 5.35. The molecule has 2 rings (SSSR count). The summed E-state index contributed by atoms with van der Waals surface area (Å²) < 4.78 is 0. The van der Waals surface area contributed by atoms with Gasteiger partial charge in [-0.2, -0.15) is 17.0 Å². The lowest BCUT2D eigenvalue weighted by Gasteiger charge is -2.24. The molecule has 0 unspecified atom stereocenters. The first-order valence-electron chi connectivity index (χ1n) is 5.65. The Morgan fingerprint density at radius 1 is 1.38 bits per heavy atom. The fraction of sp³-hybridized carbons (Fsp3) is 0.462. The molecule has 1 fully saturated rings. The Balaban J connectivity index is 2.12. The molecular formula is C13H16N2S. The largest absolute Gasteiger partial charge is 0.382 e. The average Bonchev–Trinajstić information content (AvgIpc) is 2.33. The van der Waals surface area contributed by atoms with Crippen molar-refractivity contribution < 1.29 is 0 Å². The number of nitrogens with one attached hydrogen (secondary N) is 1. The van der Waals surface area contributed by atoms with Gasteiger partial charge in [-0.05, 0) is 49.0 Å². The van der Waals surface area contributed by atoms with Crippen molar-refractivity contribution in [1.82, 2.24) is 0 Å². The number of nitriles is 1. The van der Waals surface area contributed by atoms with Gasteiger partial charge in [-0.1, -0.05) is 6.07 Å². The second kappa shape index (κ2) is 5.27. The van der Waals surface area contributed by atoms with Crippen LogP contribution in [0.5, 0.6) is 0 Å². The van der Waals surface area contributed by atoms with E-state index in [0.717, 1.165) is 16.8 Å². The Hall–Kier alpha value is -1.14. The van der Waals surface area contributed by atoms with Crippen molar-refractivity contribution in [3.8, 4) is 6.07 Å². The molecule has 84 valence electrons. The van der Waals surface area contributed by atoms with Crippen molar-refractivity contribution in [2.75, 3.05) is 16.8 Å². The minimum atomic E-state index is 0.578. The molecule has 1 heterocycles. The average molecular weight is 232 g/mol. The van der Waals surface area contributed by atoms with E-state index < -0.39 is 0 Å². The van der Waals surface area contributed by atoms with E-state index in [2.05, 4.69) is 17.5 Å². The quantitative estimate of drug-likeness (QED) is 0.850. The van der Waals surface area contributed by atoms with Crippen molar-refractivity contribution in [3.63, 3.8) is 0 Å². The lowest BCUT2D eigenvalue weighted by atomic mass is 10.1. The minimum Gasteiger partial charge on any atom is -0.382 e. The van der Waals surface area contributed by atoms with Crippen LogP contribution in [0.4, 0.5) is 5.69 Å². The molecule has 0 atom stereocenters. The van der Waals surface area contributed by atoms with Gasteiger partial charge in [0.15, 0.2) is 0 Å². The van der Waals surface area contributed by atoms with Crippen LogP contribution >= 0.6 is 11.8 Å². The van der Waals surface area contributed by atoms with Crippen molar-refractivity contribution in [2.45, 2.75) is 25.8 Å². The van der Waals surface area contributed by atoms with E-state index in [1.54, 1.807) is 0 Å². The highest BCUT2D eigenvalue weighted by molar-refractivity contribution is 7.99. The van der Waals surface area contributed by atoms with Gasteiger partial charge >= 0.3 is 0 Å². The predicted molar refractivity (Wildman–Crippen MR) is 69.9 cm³/mol. The summed E-state index contributed by atoms with van der Waals surface area (Å²) in [6.07, 6.45) is 2.45. The third-order valence-corrected chi connectivity index (χ3v) is 4.08. The van der Waals surface area contributed by atoms with Crippen LogP contribution in [0, 0.1) is 18.3 Å². The lowest BCUT2D eigenvalue weighted by Crippen LogP contribution is -2.24. The number of anilines is 1. The van der Waals surface area contributed by atoms with Crippen LogP contribution < -0.4 is 5.32 Å². The van der Waals surface area contributed by atoms with Gasteiger partial charge in [-0.3, -0.25) is 0 Å². The highest BCUT2D eigenvalue weighted by Crippen LogP contribution is 2.24. The van der Waals surface area contributed by atoms with E-state index in [1.807, 2.05) is 30.8 Å². The Morgan fingerprint density at radius 3 is 2.81 bits per heavy atom. The van der Waals surface area contributed by atoms with E-state index in [-0.39, 0.29) is 0 Å². The van der Waals surface area contributed by atoms with Crippen LogP contribution in [0.1, 0.15) is 24.0 Å². The van der Waals surface area contributed by atoms with E-state index in [9.17, 15) is 0 Å². The molecule has 0 aromatic heterocycles. The van der Waals surface area contributed by atoms with Crippen molar-refractivity contribution >= 4 is 17.4 Å². The summed E-state index contributed by atoms with van der Waals surface area (Å²) in [5.74, 6) is 2.49. The zero-order chi connectivity index (χ0) is 11.4. The molecule has 1 aromatic carbocycles. The Kier molecular flexibility index (Phi) is 3.74. The summed E-state index contributed by atoms with van der Waals surface area (Å²) in [5.41, 5.74) is 2.97. The number of hydrogen-bond acceptors (Lipinski definition) is 3. The molecule has 1 saturated heterocycles. The summed E-state index contributed by atoms with van der Waals surface area (Å²) in [4.78, 5) is 0. The standard InChI is InChI=1S/C13H16N2S/c1-10-11(9-14)3-2-4-13(10)15-12-5-7-16-8-6-12/h2-4,12,15H,5-8H2,1H3. The van der Waals surface area contributed by atoms with E-state index in [0.29, 0.717) is 6.04 Å². The molecule has 2 nitrogen and oxygen atoms in total. The highest BCUT2D eigenvalue weighted by atomic mass is 32.2. The monoisotopic (exact) mass is 232 g/mol. The molecule has 0 radical (unpaired) electrons. The molecule has 1 aliphatic heterocycles. The van der Waals surface area contributed by atoms with Crippen LogP contribution in [-0.4, -0.2) is 17.5 Å². The fourth-order valence-electron chi connectivity index (χ4n) is 1.97. The molecule has 3 heteroatoms. The zero-order valence-electron chi connectivity index (χ0n) is 9.49. The van der Waals surface area contributed by atoms with Gasteiger partial charge in [0, 0.05) is 11.7 Å². The highest BCUT2D eigenvalue weighted by Gasteiger charge is 2.14. The molecule has 0 saturated carbocycles. The van der Waals surface area contributed by atoms with Crippen LogP contribution in [0.3, 0.4) is 0 Å². The van der Waals surface area contributed by atoms with Gasteiger partial charge in [0.25, 0.3) is 0 Å². The maximum atomic E-state index is 8.97. The maximum Gasteiger partial charge on any atom is 0.0995 e. The molecular weight excluding hydrogens is 216 g/mol. The van der Waals surface area contributed by atoms with E-state index in [4.69, 9.17) is 5.26 Å². The second-order valence-electron chi connectivity index (χ2n) is 4.12. The molecule has 1 aromatic rings. The van der Waals surface area contributed by atoms with Crippen LogP contribution in [0.15, 0.2) is 18.2 Å². The first kappa shape index (κ1) is 11.3. The third-order valence-electron chi connectivity index (χ3n) is 3.04. The zero-order valence-corrected chi connectivity index (χ0v) is 10.3. The van der Waals surface area contributed by atoms with Crippen molar-refractivity contribution in [2.24, 2.45) is 0 Å². The van der Waals surface area contributed by atoms with Gasteiger partial charge < -0.3 is 5.32 Å². The van der Waals surface area contributed by atoms with Crippen LogP contribution in [-0.2, 0) is 0 Å². The van der Waals surface area contributed by atoms with Gasteiger partial charge in [0.2, 0.25) is 0 Å². The van der Waals surface area contributed by atoms with Gasteiger partial charge in [0.1, 0.15) is 0 Å². The summed E-state index contributed by atoms with van der Waals surface area (Å²) in [6.45, 7) is 2.01. The summed E-state index contributed by atoms with van der Waals surface area (Å²) in [5, 5.41) is 12.5. The van der Waals surface area contributed by atoms with Gasteiger partial charge in [0.05, 0.1) is 11.6 Å².